The van der Waals surface area contributed by atoms with Gasteiger partial charge in [-0.15, -0.1) is 11.3 Å². The van der Waals surface area contributed by atoms with Gasteiger partial charge in [-0.3, -0.25) is 0 Å². The molecule has 2 amide bonds. The number of thiophene rings is 1. The highest BCUT2D eigenvalue weighted by Crippen LogP contribution is 2.36. The van der Waals surface area contributed by atoms with Crippen molar-refractivity contribution < 1.29 is 9.53 Å². The van der Waals surface area contributed by atoms with E-state index in [2.05, 4.69) is 75.2 Å². The number of amides is 2. The highest BCUT2D eigenvalue weighted by molar-refractivity contribution is 7.13. The minimum Gasteiger partial charge on any atom is -0.497 e. The quantitative estimate of drug-likeness (QED) is 0.278. The van der Waals surface area contributed by atoms with Crippen LogP contribution < -0.4 is 15.4 Å². The van der Waals surface area contributed by atoms with Gasteiger partial charge in [0.1, 0.15) is 5.75 Å². The standard InChI is InChI=1S/C28H25N3O2S/c1-33-22-12-7-11-21(17-22)30-28(32)29-18-24-23-13-5-6-14-25(23)31(19-20-9-3-2-4-10-20)27(24)26-15-8-16-34-26/h2-17H,18-19H2,1H3,(H2,29,30,32). The molecule has 0 atom stereocenters. The summed E-state index contributed by atoms with van der Waals surface area (Å²) in [6, 6.07) is 30.1. The summed E-state index contributed by atoms with van der Waals surface area (Å²) >= 11 is 1.71. The second-order valence-corrected chi connectivity index (χ2v) is 8.88. The fourth-order valence-electron chi connectivity index (χ4n) is 4.22. The van der Waals surface area contributed by atoms with Gasteiger partial charge in [-0.05, 0) is 35.2 Å². The van der Waals surface area contributed by atoms with E-state index in [0.29, 0.717) is 18.0 Å². The highest BCUT2D eigenvalue weighted by Gasteiger charge is 2.20. The van der Waals surface area contributed by atoms with E-state index >= 15 is 0 Å². The summed E-state index contributed by atoms with van der Waals surface area (Å²) in [6.45, 7) is 1.16. The van der Waals surface area contributed by atoms with E-state index in [1.54, 1.807) is 24.5 Å². The molecule has 0 saturated carbocycles. The molecule has 34 heavy (non-hydrogen) atoms. The Balaban J connectivity index is 1.49. The van der Waals surface area contributed by atoms with Crippen molar-refractivity contribution in [1.82, 2.24) is 9.88 Å². The average molecular weight is 468 g/mol. The fourth-order valence-corrected chi connectivity index (χ4v) is 5.03. The molecule has 0 bridgehead atoms. The monoisotopic (exact) mass is 467 g/mol. The highest BCUT2D eigenvalue weighted by atomic mass is 32.1. The number of nitrogens with zero attached hydrogens (tertiary/aromatic N) is 1. The molecule has 5 rings (SSSR count). The van der Waals surface area contributed by atoms with Gasteiger partial charge in [-0.25, -0.2) is 4.79 Å². The van der Waals surface area contributed by atoms with Gasteiger partial charge in [0.25, 0.3) is 0 Å². The average Bonchev–Trinajstić information content (AvgIpc) is 3.50. The van der Waals surface area contributed by atoms with Crippen LogP contribution in [-0.2, 0) is 13.1 Å². The van der Waals surface area contributed by atoms with E-state index in [0.717, 1.165) is 28.7 Å². The van der Waals surface area contributed by atoms with Crippen molar-refractivity contribution in [3.05, 3.63) is 108 Å². The van der Waals surface area contributed by atoms with Gasteiger partial charge in [-0.2, -0.15) is 0 Å². The van der Waals surface area contributed by atoms with Crippen molar-refractivity contribution >= 4 is 34.0 Å². The Morgan fingerprint density at radius 1 is 0.941 bits per heavy atom. The summed E-state index contributed by atoms with van der Waals surface area (Å²) < 4.78 is 7.60. The van der Waals surface area contributed by atoms with Crippen LogP contribution in [-0.4, -0.2) is 17.7 Å². The fraction of sp³-hybridized carbons (Fsp3) is 0.107. The molecular weight excluding hydrogens is 442 g/mol. The van der Waals surface area contributed by atoms with E-state index in [9.17, 15) is 4.79 Å². The first-order chi connectivity index (χ1) is 16.7. The van der Waals surface area contributed by atoms with Crippen LogP contribution in [0, 0.1) is 0 Å². The minimum absolute atomic E-state index is 0.259. The summed E-state index contributed by atoms with van der Waals surface area (Å²) in [4.78, 5) is 13.9. The smallest absolute Gasteiger partial charge is 0.319 e. The molecule has 6 heteroatoms. The molecule has 0 radical (unpaired) electrons. The Bertz CT molecular complexity index is 1410. The lowest BCUT2D eigenvalue weighted by Crippen LogP contribution is -2.28. The van der Waals surface area contributed by atoms with Crippen molar-refractivity contribution in [2.45, 2.75) is 13.1 Å². The van der Waals surface area contributed by atoms with Crippen LogP contribution in [0.2, 0.25) is 0 Å². The predicted molar refractivity (Wildman–Crippen MR) is 140 cm³/mol. The number of carbonyl (C=O) groups is 1. The molecule has 5 nitrogen and oxygen atoms in total. The Morgan fingerprint density at radius 2 is 1.76 bits per heavy atom. The van der Waals surface area contributed by atoms with Gasteiger partial charge in [0.05, 0.1) is 17.7 Å². The topological polar surface area (TPSA) is 55.3 Å². The molecule has 3 aromatic carbocycles. The lowest BCUT2D eigenvalue weighted by molar-refractivity contribution is 0.252. The number of hydrogen-bond acceptors (Lipinski definition) is 3. The summed E-state index contributed by atoms with van der Waals surface area (Å²) in [6.07, 6.45) is 0. The zero-order valence-corrected chi connectivity index (χ0v) is 19.6. The maximum absolute atomic E-state index is 12.7. The molecular formula is C28H25N3O2S. The maximum atomic E-state index is 12.7. The molecule has 5 aromatic rings. The molecule has 0 spiro atoms. The predicted octanol–water partition coefficient (Wildman–Crippen LogP) is 6.75. The number of carbonyl (C=O) groups excluding carboxylic acids is 1. The number of hydrogen-bond donors (Lipinski definition) is 2. The lowest BCUT2D eigenvalue weighted by Gasteiger charge is -2.13. The molecule has 0 fully saturated rings. The number of urea groups is 1. The van der Waals surface area contributed by atoms with Crippen LogP contribution in [0.3, 0.4) is 0 Å². The second-order valence-electron chi connectivity index (χ2n) is 7.93. The maximum Gasteiger partial charge on any atom is 0.319 e. The lowest BCUT2D eigenvalue weighted by atomic mass is 10.1. The van der Waals surface area contributed by atoms with Gasteiger partial charge in [0.2, 0.25) is 0 Å². The van der Waals surface area contributed by atoms with Crippen LogP contribution in [0.5, 0.6) is 5.75 Å². The SMILES string of the molecule is COc1cccc(NC(=O)NCc2c(-c3cccs3)n(Cc3ccccc3)c3ccccc23)c1. The van der Waals surface area contributed by atoms with Crippen molar-refractivity contribution in [3.63, 3.8) is 0 Å². The van der Waals surface area contributed by atoms with Gasteiger partial charge < -0.3 is 19.9 Å². The summed E-state index contributed by atoms with van der Waals surface area (Å²) in [5.74, 6) is 0.696. The molecule has 2 heterocycles. The van der Waals surface area contributed by atoms with E-state index in [1.807, 2.05) is 30.3 Å². The third-order valence-electron chi connectivity index (χ3n) is 5.77. The molecule has 0 aliphatic rings. The summed E-state index contributed by atoms with van der Waals surface area (Å²) in [5, 5.41) is 9.19. The molecule has 0 saturated heterocycles. The number of methoxy groups -OCH3 is 1. The Labute approximate surface area is 202 Å². The molecule has 0 aliphatic carbocycles. The van der Waals surface area contributed by atoms with Crippen molar-refractivity contribution in [3.8, 4) is 16.3 Å². The number of fused-ring (bicyclic) bond motifs is 1. The van der Waals surface area contributed by atoms with Crippen LogP contribution in [0.1, 0.15) is 11.1 Å². The minimum atomic E-state index is -0.259. The zero-order valence-electron chi connectivity index (χ0n) is 18.8. The van der Waals surface area contributed by atoms with Gasteiger partial charge >= 0.3 is 6.03 Å². The third kappa shape index (κ3) is 4.54. The summed E-state index contributed by atoms with van der Waals surface area (Å²) in [5.41, 5.74) is 5.31. The number of benzene rings is 3. The van der Waals surface area contributed by atoms with Gasteiger partial charge in [0, 0.05) is 41.3 Å². The van der Waals surface area contributed by atoms with E-state index in [-0.39, 0.29) is 6.03 Å². The number of rotatable bonds is 7. The van der Waals surface area contributed by atoms with E-state index in [4.69, 9.17) is 4.74 Å². The van der Waals surface area contributed by atoms with E-state index in [1.165, 1.54) is 10.4 Å². The number of nitrogens with one attached hydrogen (secondary N) is 2. The van der Waals surface area contributed by atoms with Crippen molar-refractivity contribution in [2.24, 2.45) is 0 Å². The molecule has 0 aliphatic heterocycles. The number of ether oxygens (including phenoxy) is 1. The Hall–Kier alpha value is -4.03. The van der Waals surface area contributed by atoms with Crippen LogP contribution in [0.15, 0.2) is 96.4 Å². The van der Waals surface area contributed by atoms with Gasteiger partial charge in [0.15, 0.2) is 0 Å². The second kappa shape index (κ2) is 9.85. The number of anilines is 1. The Morgan fingerprint density at radius 3 is 2.56 bits per heavy atom. The number of aromatic nitrogens is 1. The Kier molecular flexibility index (Phi) is 6.31. The molecule has 2 aromatic heterocycles. The van der Waals surface area contributed by atoms with Gasteiger partial charge in [-0.1, -0.05) is 60.7 Å². The summed E-state index contributed by atoms with van der Waals surface area (Å²) in [7, 11) is 1.61. The zero-order chi connectivity index (χ0) is 23.3. The first-order valence-electron chi connectivity index (χ1n) is 11.1. The van der Waals surface area contributed by atoms with Crippen molar-refractivity contribution in [2.75, 3.05) is 12.4 Å². The van der Waals surface area contributed by atoms with E-state index < -0.39 is 0 Å². The first-order valence-corrected chi connectivity index (χ1v) is 12.0. The molecule has 2 N–H and O–H groups in total. The molecule has 0 unspecified atom stereocenters. The van der Waals surface area contributed by atoms with Crippen LogP contribution in [0.4, 0.5) is 10.5 Å². The largest absolute Gasteiger partial charge is 0.497 e. The molecule has 170 valence electrons. The third-order valence-corrected chi connectivity index (χ3v) is 6.64. The first kappa shape index (κ1) is 21.8. The number of para-hydroxylation sites is 1. The van der Waals surface area contributed by atoms with Crippen molar-refractivity contribution in [1.29, 1.82) is 0 Å². The normalized spacial score (nSPS) is 10.9. The van der Waals surface area contributed by atoms with Crippen LogP contribution in [0.25, 0.3) is 21.5 Å². The van der Waals surface area contributed by atoms with Crippen LogP contribution >= 0.6 is 11.3 Å².